The van der Waals surface area contributed by atoms with E-state index >= 15 is 0 Å². The van der Waals surface area contributed by atoms with Crippen molar-refractivity contribution in [3.05, 3.63) is 46.8 Å². The molecule has 1 aliphatic carbocycles. The number of hydrogen-bond acceptors (Lipinski definition) is 2. The minimum Gasteiger partial charge on any atom is -0.320 e. The Labute approximate surface area is 124 Å². The number of anilines is 1. The van der Waals surface area contributed by atoms with E-state index in [1.165, 1.54) is 18.2 Å². The summed E-state index contributed by atoms with van der Waals surface area (Å²) < 4.78 is 38.8. The number of carbonyl (C=O) groups is 1. The van der Waals surface area contributed by atoms with Gasteiger partial charge in [0, 0.05) is 11.3 Å². The summed E-state index contributed by atoms with van der Waals surface area (Å²) in [5, 5.41) is 9.10. The Morgan fingerprint density at radius 1 is 1.18 bits per heavy atom. The predicted octanol–water partition coefficient (Wildman–Crippen LogP) is 3.56. The van der Waals surface area contributed by atoms with Crippen LogP contribution in [0.2, 0.25) is 0 Å². The van der Waals surface area contributed by atoms with Crippen LogP contribution >= 0.6 is 0 Å². The monoisotopic (exact) mass is 309 g/mol. The molecular formula is C15H14F3N3O. The highest BCUT2D eigenvalue weighted by molar-refractivity contribution is 6.04. The summed E-state index contributed by atoms with van der Waals surface area (Å²) >= 11 is 0. The standard InChI is InChI=1S/C15H14F3N3O/c16-15(17,18)10-6-2-4-8-12(10)19-14(22)13-9-5-1-3-7-11(9)20-21-13/h2,4,6,8H,1,3,5,7H2,(H,19,22)(H,20,21). The third kappa shape index (κ3) is 2.70. The van der Waals surface area contributed by atoms with Crippen molar-refractivity contribution in [1.82, 2.24) is 10.2 Å². The first-order valence-electron chi connectivity index (χ1n) is 7.00. The van der Waals surface area contributed by atoms with E-state index in [0.29, 0.717) is 0 Å². The molecule has 0 unspecified atom stereocenters. The molecule has 2 aromatic rings. The molecule has 0 fully saturated rings. The van der Waals surface area contributed by atoms with Crippen LogP contribution in [-0.2, 0) is 19.0 Å². The van der Waals surface area contributed by atoms with E-state index in [0.717, 1.165) is 43.0 Å². The zero-order chi connectivity index (χ0) is 15.7. The normalized spacial score (nSPS) is 14.5. The molecule has 0 spiro atoms. The first-order chi connectivity index (χ1) is 10.5. The number of hydrogen-bond donors (Lipinski definition) is 2. The molecule has 3 rings (SSSR count). The molecule has 0 bridgehead atoms. The number of benzene rings is 1. The molecular weight excluding hydrogens is 295 g/mol. The number of rotatable bonds is 2. The number of alkyl halides is 3. The number of para-hydroxylation sites is 1. The van der Waals surface area contributed by atoms with Crippen molar-refractivity contribution in [2.45, 2.75) is 31.9 Å². The van der Waals surface area contributed by atoms with Gasteiger partial charge in [0.2, 0.25) is 0 Å². The van der Waals surface area contributed by atoms with Gasteiger partial charge in [-0.15, -0.1) is 0 Å². The summed E-state index contributed by atoms with van der Waals surface area (Å²) in [4.78, 5) is 12.3. The number of fused-ring (bicyclic) bond motifs is 1. The van der Waals surface area contributed by atoms with Gasteiger partial charge in [-0.2, -0.15) is 18.3 Å². The van der Waals surface area contributed by atoms with Gasteiger partial charge in [-0.25, -0.2) is 0 Å². The summed E-state index contributed by atoms with van der Waals surface area (Å²) in [5.41, 5.74) is 0.778. The van der Waals surface area contributed by atoms with E-state index in [2.05, 4.69) is 15.5 Å². The molecule has 22 heavy (non-hydrogen) atoms. The number of carbonyl (C=O) groups excluding carboxylic acids is 1. The molecule has 4 nitrogen and oxygen atoms in total. The van der Waals surface area contributed by atoms with Crippen LogP contribution < -0.4 is 5.32 Å². The van der Waals surface area contributed by atoms with Gasteiger partial charge in [-0.3, -0.25) is 9.89 Å². The second-order valence-electron chi connectivity index (χ2n) is 5.23. The average Bonchev–Trinajstić information content (AvgIpc) is 2.90. The van der Waals surface area contributed by atoms with Gasteiger partial charge in [-0.1, -0.05) is 12.1 Å². The van der Waals surface area contributed by atoms with Crippen molar-refractivity contribution in [3.63, 3.8) is 0 Å². The third-order valence-corrected chi connectivity index (χ3v) is 3.75. The lowest BCUT2D eigenvalue weighted by Gasteiger charge is -2.14. The molecule has 0 saturated carbocycles. The fraction of sp³-hybridized carbons (Fsp3) is 0.333. The fourth-order valence-corrected chi connectivity index (χ4v) is 2.69. The summed E-state index contributed by atoms with van der Waals surface area (Å²) in [5.74, 6) is -0.615. The van der Waals surface area contributed by atoms with Gasteiger partial charge < -0.3 is 5.32 Å². The summed E-state index contributed by atoms with van der Waals surface area (Å²) in [6.45, 7) is 0. The molecule has 1 aliphatic rings. The predicted molar refractivity (Wildman–Crippen MR) is 74.6 cm³/mol. The molecule has 116 valence electrons. The van der Waals surface area contributed by atoms with Gasteiger partial charge >= 0.3 is 6.18 Å². The van der Waals surface area contributed by atoms with Crippen molar-refractivity contribution in [1.29, 1.82) is 0 Å². The van der Waals surface area contributed by atoms with E-state index in [9.17, 15) is 18.0 Å². The van der Waals surface area contributed by atoms with Gasteiger partial charge in [0.05, 0.1) is 11.3 Å². The number of H-pyrrole nitrogens is 1. The molecule has 1 amide bonds. The van der Waals surface area contributed by atoms with E-state index < -0.39 is 17.6 Å². The Bertz CT molecular complexity index is 706. The maximum Gasteiger partial charge on any atom is 0.418 e. The number of halogens is 3. The van der Waals surface area contributed by atoms with Crippen molar-refractivity contribution in [2.75, 3.05) is 5.32 Å². The minimum atomic E-state index is -4.52. The second kappa shape index (κ2) is 5.47. The van der Waals surface area contributed by atoms with Gasteiger partial charge in [0.15, 0.2) is 5.69 Å². The quantitative estimate of drug-likeness (QED) is 0.891. The second-order valence-corrected chi connectivity index (χ2v) is 5.23. The highest BCUT2D eigenvalue weighted by Gasteiger charge is 2.34. The van der Waals surface area contributed by atoms with Crippen molar-refractivity contribution in [2.24, 2.45) is 0 Å². The van der Waals surface area contributed by atoms with Crippen LogP contribution in [0.5, 0.6) is 0 Å². The molecule has 0 saturated heterocycles. The Balaban J connectivity index is 1.88. The first-order valence-corrected chi connectivity index (χ1v) is 7.00. The highest BCUT2D eigenvalue weighted by atomic mass is 19.4. The molecule has 0 aliphatic heterocycles. The van der Waals surface area contributed by atoms with E-state index in [1.807, 2.05) is 0 Å². The lowest BCUT2D eigenvalue weighted by atomic mass is 9.96. The number of aryl methyl sites for hydroxylation is 1. The number of amides is 1. The Morgan fingerprint density at radius 3 is 2.68 bits per heavy atom. The molecule has 1 heterocycles. The number of aromatic nitrogens is 2. The van der Waals surface area contributed by atoms with Crippen LogP contribution in [0.3, 0.4) is 0 Å². The van der Waals surface area contributed by atoms with Crippen molar-refractivity contribution >= 4 is 11.6 Å². The van der Waals surface area contributed by atoms with Crippen LogP contribution in [0.1, 0.15) is 40.2 Å². The molecule has 2 N–H and O–H groups in total. The zero-order valence-corrected chi connectivity index (χ0v) is 11.6. The Kier molecular flexibility index (Phi) is 3.64. The van der Waals surface area contributed by atoms with E-state index in [1.54, 1.807) is 0 Å². The topological polar surface area (TPSA) is 57.8 Å². The lowest BCUT2D eigenvalue weighted by molar-refractivity contribution is -0.136. The maximum atomic E-state index is 12.9. The molecule has 1 aromatic carbocycles. The van der Waals surface area contributed by atoms with Crippen LogP contribution in [-0.4, -0.2) is 16.1 Å². The minimum absolute atomic E-state index is 0.187. The Hall–Kier alpha value is -2.31. The Morgan fingerprint density at radius 2 is 1.91 bits per heavy atom. The van der Waals surface area contributed by atoms with Crippen molar-refractivity contribution in [3.8, 4) is 0 Å². The molecule has 0 atom stereocenters. The number of nitrogens with zero attached hydrogens (tertiary/aromatic N) is 1. The van der Waals surface area contributed by atoms with Gasteiger partial charge in [0.1, 0.15) is 0 Å². The fourth-order valence-electron chi connectivity index (χ4n) is 2.69. The summed E-state index contributed by atoms with van der Waals surface area (Å²) in [6.07, 6.45) is -1.02. The largest absolute Gasteiger partial charge is 0.418 e. The number of nitrogens with one attached hydrogen (secondary N) is 2. The van der Waals surface area contributed by atoms with Gasteiger partial charge in [-0.05, 0) is 37.8 Å². The maximum absolute atomic E-state index is 12.9. The number of aromatic amines is 1. The van der Waals surface area contributed by atoms with E-state index in [4.69, 9.17) is 0 Å². The lowest BCUT2D eigenvalue weighted by Crippen LogP contribution is -2.18. The highest BCUT2D eigenvalue weighted by Crippen LogP contribution is 2.35. The van der Waals surface area contributed by atoms with Crippen molar-refractivity contribution < 1.29 is 18.0 Å². The van der Waals surface area contributed by atoms with Crippen LogP contribution in [0.25, 0.3) is 0 Å². The van der Waals surface area contributed by atoms with Crippen LogP contribution in [0, 0.1) is 0 Å². The van der Waals surface area contributed by atoms with E-state index in [-0.39, 0.29) is 11.4 Å². The first kappa shape index (κ1) is 14.6. The van der Waals surface area contributed by atoms with Gasteiger partial charge in [0.25, 0.3) is 5.91 Å². The SMILES string of the molecule is O=C(Nc1ccccc1C(F)(F)F)c1n[nH]c2c1CCCC2. The summed E-state index contributed by atoms with van der Waals surface area (Å²) in [7, 11) is 0. The van der Waals surface area contributed by atoms with Crippen LogP contribution in [0.15, 0.2) is 24.3 Å². The molecule has 7 heteroatoms. The zero-order valence-electron chi connectivity index (χ0n) is 11.6. The smallest absolute Gasteiger partial charge is 0.320 e. The summed E-state index contributed by atoms with van der Waals surface area (Å²) in [6, 6.07) is 4.91. The van der Waals surface area contributed by atoms with Crippen LogP contribution in [0.4, 0.5) is 18.9 Å². The third-order valence-electron chi connectivity index (χ3n) is 3.75. The molecule has 0 radical (unpaired) electrons. The molecule has 1 aromatic heterocycles. The average molecular weight is 309 g/mol.